The number of nitrogens with zero attached hydrogens (tertiary/aromatic N) is 2. The minimum absolute atomic E-state index is 0.0582. The van der Waals surface area contributed by atoms with Gasteiger partial charge in [0.25, 0.3) is 0 Å². The predicted molar refractivity (Wildman–Crippen MR) is 79.0 cm³/mol. The van der Waals surface area contributed by atoms with Crippen molar-refractivity contribution in [1.82, 2.24) is 4.90 Å². The molecule has 0 atom stereocenters. The second-order valence-corrected chi connectivity index (χ2v) is 4.47. The lowest BCUT2D eigenvalue weighted by Crippen LogP contribution is -2.39. The van der Waals surface area contributed by atoms with Gasteiger partial charge in [-0.15, -0.1) is 0 Å². The molecule has 1 aromatic carbocycles. The maximum Gasteiger partial charge on any atom is 0.337 e. The molecule has 0 fully saturated rings. The third kappa shape index (κ3) is 3.40. The van der Waals surface area contributed by atoms with Crippen molar-refractivity contribution >= 4 is 23.3 Å². The summed E-state index contributed by atoms with van der Waals surface area (Å²) in [4.78, 5) is 26.6. The van der Waals surface area contributed by atoms with Crippen LogP contribution in [0.2, 0.25) is 0 Å². The largest absolute Gasteiger partial charge is 0.478 e. The summed E-state index contributed by atoms with van der Waals surface area (Å²) in [6, 6.07) is 4.69. The number of carboxylic acid groups (broad SMARTS) is 1. The average molecular weight is 279 g/mol. The first kappa shape index (κ1) is 15.8. The number of anilines is 2. The van der Waals surface area contributed by atoms with E-state index in [1.807, 2.05) is 13.8 Å². The van der Waals surface area contributed by atoms with Crippen LogP contribution >= 0.6 is 0 Å². The lowest BCUT2D eigenvalue weighted by molar-refractivity contribution is -0.129. The standard InChI is InChI=1S/C14H21N3O3/c1-4-17(5-2)12(18)9-16(3)13-10(14(19)20)7-6-8-11(13)15/h6-8H,4-5,9,15H2,1-3H3,(H,19,20). The van der Waals surface area contributed by atoms with E-state index in [9.17, 15) is 14.7 Å². The number of aromatic carboxylic acids is 1. The lowest BCUT2D eigenvalue weighted by atomic mass is 10.1. The number of benzene rings is 1. The Morgan fingerprint density at radius 2 is 1.85 bits per heavy atom. The maximum atomic E-state index is 12.1. The number of carbonyl (C=O) groups is 2. The molecule has 0 saturated heterocycles. The van der Waals surface area contributed by atoms with Crippen molar-refractivity contribution in [3.8, 4) is 0 Å². The SMILES string of the molecule is CCN(CC)C(=O)CN(C)c1c(N)cccc1C(=O)O. The fourth-order valence-corrected chi connectivity index (χ4v) is 2.12. The Hall–Kier alpha value is -2.24. The first-order chi connectivity index (χ1) is 9.42. The van der Waals surface area contributed by atoms with E-state index in [4.69, 9.17) is 5.73 Å². The number of carbonyl (C=O) groups excluding carboxylic acids is 1. The molecule has 1 aromatic rings. The van der Waals surface area contributed by atoms with Crippen molar-refractivity contribution in [2.45, 2.75) is 13.8 Å². The van der Waals surface area contributed by atoms with E-state index in [2.05, 4.69) is 0 Å². The number of hydrogen-bond acceptors (Lipinski definition) is 4. The molecule has 0 radical (unpaired) electrons. The van der Waals surface area contributed by atoms with Gasteiger partial charge >= 0.3 is 5.97 Å². The fraction of sp³-hybridized carbons (Fsp3) is 0.429. The number of amides is 1. The molecule has 0 bridgehead atoms. The molecule has 0 heterocycles. The highest BCUT2D eigenvalue weighted by Crippen LogP contribution is 2.27. The Balaban J connectivity index is 3.01. The van der Waals surface area contributed by atoms with Crippen molar-refractivity contribution in [3.63, 3.8) is 0 Å². The minimum Gasteiger partial charge on any atom is -0.478 e. The molecular formula is C14H21N3O3. The van der Waals surface area contributed by atoms with Crippen molar-refractivity contribution in [3.05, 3.63) is 23.8 Å². The van der Waals surface area contributed by atoms with Gasteiger partial charge in [0, 0.05) is 20.1 Å². The van der Waals surface area contributed by atoms with Crippen molar-refractivity contribution in [2.24, 2.45) is 0 Å². The molecule has 0 aliphatic heterocycles. The normalized spacial score (nSPS) is 10.2. The molecule has 0 aromatic heterocycles. The second-order valence-electron chi connectivity index (χ2n) is 4.47. The predicted octanol–water partition coefficient (Wildman–Crippen LogP) is 1.27. The van der Waals surface area contributed by atoms with Crippen LogP contribution in [0.5, 0.6) is 0 Å². The van der Waals surface area contributed by atoms with E-state index >= 15 is 0 Å². The highest BCUT2D eigenvalue weighted by Gasteiger charge is 2.19. The van der Waals surface area contributed by atoms with Crippen molar-refractivity contribution < 1.29 is 14.7 Å². The van der Waals surface area contributed by atoms with Gasteiger partial charge in [0.1, 0.15) is 0 Å². The molecule has 6 nitrogen and oxygen atoms in total. The van der Waals surface area contributed by atoms with E-state index in [1.54, 1.807) is 29.0 Å². The molecule has 0 spiro atoms. The zero-order chi connectivity index (χ0) is 15.3. The highest BCUT2D eigenvalue weighted by atomic mass is 16.4. The van der Waals surface area contributed by atoms with E-state index in [0.29, 0.717) is 24.5 Å². The van der Waals surface area contributed by atoms with Crippen LogP contribution in [0.15, 0.2) is 18.2 Å². The van der Waals surface area contributed by atoms with Crippen LogP contribution in [0, 0.1) is 0 Å². The monoisotopic (exact) mass is 279 g/mol. The van der Waals surface area contributed by atoms with Gasteiger partial charge < -0.3 is 20.6 Å². The summed E-state index contributed by atoms with van der Waals surface area (Å²) in [6.45, 7) is 5.15. The zero-order valence-electron chi connectivity index (χ0n) is 12.1. The quantitative estimate of drug-likeness (QED) is 0.766. The molecule has 3 N–H and O–H groups in total. The Kier molecular flexibility index (Phi) is 5.37. The molecule has 20 heavy (non-hydrogen) atoms. The molecule has 6 heteroatoms. The Morgan fingerprint density at radius 1 is 1.25 bits per heavy atom. The fourth-order valence-electron chi connectivity index (χ4n) is 2.12. The molecule has 110 valence electrons. The summed E-state index contributed by atoms with van der Waals surface area (Å²) in [5.74, 6) is -1.12. The van der Waals surface area contributed by atoms with Crippen LogP contribution in [-0.4, -0.2) is 48.6 Å². The average Bonchev–Trinajstić information content (AvgIpc) is 2.39. The minimum atomic E-state index is -1.06. The smallest absolute Gasteiger partial charge is 0.337 e. The number of carboxylic acids is 1. The number of hydrogen-bond donors (Lipinski definition) is 2. The van der Waals surface area contributed by atoms with Gasteiger partial charge in [-0.1, -0.05) is 6.07 Å². The maximum absolute atomic E-state index is 12.1. The van der Waals surface area contributed by atoms with E-state index < -0.39 is 5.97 Å². The van der Waals surface area contributed by atoms with Crippen LogP contribution in [0.25, 0.3) is 0 Å². The first-order valence-electron chi connectivity index (χ1n) is 6.53. The zero-order valence-corrected chi connectivity index (χ0v) is 12.1. The lowest BCUT2D eigenvalue weighted by Gasteiger charge is -2.26. The van der Waals surface area contributed by atoms with Gasteiger partial charge in [-0.3, -0.25) is 4.79 Å². The third-order valence-corrected chi connectivity index (χ3v) is 3.17. The van der Waals surface area contributed by atoms with Crippen LogP contribution in [0.4, 0.5) is 11.4 Å². The molecular weight excluding hydrogens is 258 g/mol. The molecule has 0 saturated carbocycles. The number of nitrogens with two attached hydrogens (primary N) is 1. The summed E-state index contributed by atoms with van der Waals surface area (Å²) in [6.07, 6.45) is 0. The summed E-state index contributed by atoms with van der Waals surface area (Å²) < 4.78 is 0. The van der Waals surface area contributed by atoms with Gasteiger partial charge in [-0.05, 0) is 26.0 Å². The number of rotatable bonds is 6. The van der Waals surface area contributed by atoms with E-state index in [1.165, 1.54) is 6.07 Å². The summed E-state index contributed by atoms with van der Waals surface area (Å²) in [7, 11) is 1.67. The Bertz CT molecular complexity index is 498. The van der Waals surface area contributed by atoms with Crippen LogP contribution in [-0.2, 0) is 4.79 Å². The van der Waals surface area contributed by atoms with Crippen LogP contribution in [0.1, 0.15) is 24.2 Å². The molecule has 1 rings (SSSR count). The second kappa shape index (κ2) is 6.79. The van der Waals surface area contributed by atoms with Crippen molar-refractivity contribution in [2.75, 3.05) is 37.3 Å². The van der Waals surface area contributed by atoms with E-state index in [0.717, 1.165) is 0 Å². The summed E-state index contributed by atoms with van der Waals surface area (Å²) in [5.41, 5.74) is 6.67. The number of para-hydroxylation sites is 1. The molecule has 0 aliphatic carbocycles. The molecule has 0 aliphatic rings. The third-order valence-electron chi connectivity index (χ3n) is 3.17. The summed E-state index contributed by atoms with van der Waals surface area (Å²) in [5, 5.41) is 9.20. The molecule has 1 amide bonds. The van der Waals surface area contributed by atoms with Crippen LogP contribution < -0.4 is 10.6 Å². The Labute approximate surface area is 118 Å². The Morgan fingerprint density at radius 3 is 2.35 bits per heavy atom. The van der Waals surface area contributed by atoms with Gasteiger partial charge in [0.05, 0.1) is 23.5 Å². The molecule has 0 unspecified atom stereocenters. The van der Waals surface area contributed by atoms with Gasteiger partial charge in [-0.25, -0.2) is 4.79 Å². The van der Waals surface area contributed by atoms with Crippen LogP contribution in [0.3, 0.4) is 0 Å². The first-order valence-corrected chi connectivity index (χ1v) is 6.53. The van der Waals surface area contributed by atoms with E-state index in [-0.39, 0.29) is 18.0 Å². The van der Waals surface area contributed by atoms with Gasteiger partial charge in [-0.2, -0.15) is 0 Å². The highest BCUT2D eigenvalue weighted by molar-refractivity contribution is 5.98. The van der Waals surface area contributed by atoms with Gasteiger partial charge in [0.15, 0.2) is 0 Å². The van der Waals surface area contributed by atoms with Gasteiger partial charge in [0.2, 0.25) is 5.91 Å². The topological polar surface area (TPSA) is 86.9 Å². The van der Waals surface area contributed by atoms with Crippen molar-refractivity contribution in [1.29, 1.82) is 0 Å². The number of nitrogen functional groups attached to an aromatic ring is 1. The number of likely N-dealkylation sites (N-methyl/N-ethyl adjacent to an activating group) is 2. The summed E-state index contributed by atoms with van der Waals surface area (Å²) >= 11 is 0.